The van der Waals surface area contributed by atoms with E-state index >= 15 is 0 Å². The third-order valence-electron chi connectivity index (χ3n) is 2.88. The number of hydrogen-bond donors (Lipinski definition) is 2. The number of amides is 1. The van der Waals surface area contributed by atoms with E-state index in [4.69, 9.17) is 0 Å². The molecule has 0 spiro atoms. The summed E-state index contributed by atoms with van der Waals surface area (Å²) < 4.78 is 0. The highest BCUT2D eigenvalue weighted by Crippen LogP contribution is 2.23. The maximum absolute atomic E-state index is 12.3. The molecule has 0 unspecified atom stereocenters. The molecule has 7 heteroatoms. The summed E-state index contributed by atoms with van der Waals surface area (Å²) in [5, 5.41) is 16.5. The van der Waals surface area contributed by atoms with Crippen molar-refractivity contribution in [2.24, 2.45) is 0 Å². The van der Waals surface area contributed by atoms with Crippen molar-refractivity contribution in [3.63, 3.8) is 0 Å². The first kappa shape index (κ1) is 14.4. The van der Waals surface area contributed by atoms with E-state index in [0.717, 1.165) is 5.69 Å². The van der Waals surface area contributed by atoms with Gasteiger partial charge in [-0.05, 0) is 31.2 Å². The number of nitro benzene ring substituents is 1. The van der Waals surface area contributed by atoms with Crippen molar-refractivity contribution in [1.29, 1.82) is 0 Å². The van der Waals surface area contributed by atoms with Crippen LogP contribution in [0.2, 0.25) is 0 Å². The summed E-state index contributed by atoms with van der Waals surface area (Å²) in [4.78, 5) is 26.7. The minimum absolute atomic E-state index is 0.00122. The van der Waals surface area contributed by atoms with E-state index < -0.39 is 10.8 Å². The lowest BCUT2D eigenvalue weighted by atomic mass is 10.1. The number of anilines is 2. The van der Waals surface area contributed by atoms with Gasteiger partial charge in [0.15, 0.2) is 0 Å². The highest BCUT2D eigenvalue weighted by atomic mass is 16.6. The van der Waals surface area contributed by atoms with Crippen LogP contribution in [0.25, 0.3) is 0 Å². The zero-order valence-electron chi connectivity index (χ0n) is 11.6. The molecule has 1 amide bonds. The molecule has 0 fully saturated rings. The minimum atomic E-state index is -0.577. The Hall–Kier alpha value is -2.96. The Morgan fingerprint density at radius 2 is 2.00 bits per heavy atom. The second-order valence-corrected chi connectivity index (χ2v) is 4.38. The van der Waals surface area contributed by atoms with E-state index in [9.17, 15) is 14.9 Å². The summed E-state index contributed by atoms with van der Waals surface area (Å²) in [5.41, 5.74) is 1.66. The molecule has 1 aromatic carbocycles. The van der Waals surface area contributed by atoms with E-state index in [1.54, 1.807) is 38.4 Å². The van der Waals surface area contributed by atoms with Gasteiger partial charge in [0, 0.05) is 36.4 Å². The van der Waals surface area contributed by atoms with Crippen molar-refractivity contribution >= 4 is 23.0 Å². The van der Waals surface area contributed by atoms with Crippen LogP contribution in [0, 0.1) is 17.0 Å². The molecule has 2 N–H and O–H groups in total. The van der Waals surface area contributed by atoms with Crippen molar-refractivity contribution < 1.29 is 9.72 Å². The summed E-state index contributed by atoms with van der Waals surface area (Å²) in [6, 6.07) is 7.61. The van der Waals surface area contributed by atoms with Gasteiger partial charge in [0.25, 0.3) is 11.6 Å². The van der Waals surface area contributed by atoms with Gasteiger partial charge >= 0.3 is 0 Å². The highest BCUT2D eigenvalue weighted by Gasteiger charge is 2.20. The monoisotopic (exact) mass is 286 g/mol. The molecule has 0 aliphatic rings. The summed E-state index contributed by atoms with van der Waals surface area (Å²) in [6.07, 6.45) is 1.56. The van der Waals surface area contributed by atoms with Crippen LogP contribution in [0.5, 0.6) is 0 Å². The van der Waals surface area contributed by atoms with Crippen LogP contribution in [-0.4, -0.2) is 22.9 Å². The molecule has 1 heterocycles. The van der Waals surface area contributed by atoms with E-state index in [-0.39, 0.29) is 11.3 Å². The van der Waals surface area contributed by atoms with Gasteiger partial charge in [0.1, 0.15) is 5.56 Å². The molecule has 0 bridgehead atoms. The van der Waals surface area contributed by atoms with Gasteiger partial charge < -0.3 is 10.6 Å². The molecule has 0 aliphatic heterocycles. The van der Waals surface area contributed by atoms with Gasteiger partial charge in [-0.2, -0.15) is 0 Å². The molecule has 108 valence electrons. The van der Waals surface area contributed by atoms with Crippen LogP contribution in [0.3, 0.4) is 0 Å². The van der Waals surface area contributed by atoms with Crippen LogP contribution in [0.15, 0.2) is 36.5 Å². The van der Waals surface area contributed by atoms with Crippen molar-refractivity contribution in [3.8, 4) is 0 Å². The first-order valence-electron chi connectivity index (χ1n) is 6.21. The second-order valence-electron chi connectivity index (χ2n) is 4.38. The number of aryl methyl sites for hydroxylation is 1. The predicted octanol–water partition coefficient (Wildman–Crippen LogP) is 2.59. The maximum atomic E-state index is 12.3. The average Bonchev–Trinajstić information content (AvgIpc) is 2.46. The van der Waals surface area contributed by atoms with Gasteiger partial charge in [-0.25, -0.2) is 0 Å². The number of nitrogens with one attached hydrogen (secondary N) is 2. The predicted molar refractivity (Wildman–Crippen MR) is 79.6 cm³/mol. The Balaban J connectivity index is 2.35. The zero-order chi connectivity index (χ0) is 15.4. The molecule has 2 aromatic rings. The molecular weight excluding hydrogens is 272 g/mol. The van der Waals surface area contributed by atoms with Crippen molar-refractivity contribution in [1.82, 2.24) is 4.98 Å². The number of hydrogen-bond acceptors (Lipinski definition) is 5. The molecule has 1 aromatic heterocycles. The molecule has 0 saturated heterocycles. The van der Waals surface area contributed by atoms with Crippen LogP contribution < -0.4 is 10.6 Å². The second kappa shape index (κ2) is 6.00. The molecule has 0 saturated carbocycles. The quantitative estimate of drug-likeness (QED) is 0.665. The van der Waals surface area contributed by atoms with Gasteiger partial charge in [0.2, 0.25) is 0 Å². The molecule has 0 radical (unpaired) electrons. The first-order valence-corrected chi connectivity index (χ1v) is 6.21. The molecule has 2 rings (SSSR count). The van der Waals surface area contributed by atoms with Gasteiger partial charge in [0.05, 0.1) is 4.92 Å². The number of rotatable bonds is 4. The van der Waals surface area contributed by atoms with Crippen LogP contribution in [-0.2, 0) is 0 Å². The fraction of sp³-hybridized carbons (Fsp3) is 0.143. The van der Waals surface area contributed by atoms with E-state index in [1.807, 2.05) is 0 Å². The van der Waals surface area contributed by atoms with Crippen molar-refractivity contribution in [2.45, 2.75) is 6.92 Å². The summed E-state index contributed by atoms with van der Waals surface area (Å²) in [5.74, 6) is -0.538. The SMILES string of the molecule is CNc1ccc([N+](=O)[O-])c(C(=O)Nc2ccnc(C)c2)c1. The lowest BCUT2D eigenvalue weighted by Crippen LogP contribution is -2.14. The van der Waals surface area contributed by atoms with Crippen LogP contribution in [0.1, 0.15) is 16.1 Å². The summed E-state index contributed by atoms with van der Waals surface area (Å²) in [6.45, 7) is 1.79. The highest BCUT2D eigenvalue weighted by molar-refractivity contribution is 6.07. The number of nitrogens with zero attached hydrogens (tertiary/aromatic N) is 2. The van der Waals surface area contributed by atoms with Crippen molar-refractivity contribution in [2.75, 3.05) is 17.7 Å². The molecule has 0 atom stereocenters. The van der Waals surface area contributed by atoms with E-state index in [0.29, 0.717) is 11.4 Å². The molecule has 7 nitrogen and oxygen atoms in total. The molecule has 0 aliphatic carbocycles. The van der Waals surface area contributed by atoms with Gasteiger partial charge in [-0.1, -0.05) is 0 Å². The average molecular weight is 286 g/mol. The summed E-state index contributed by atoms with van der Waals surface area (Å²) in [7, 11) is 1.68. The third kappa shape index (κ3) is 3.33. The van der Waals surface area contributed by atoms with Gasteiger partial charge in [-0.3, -0.25) is 19.9 Å². The molecule has 21 heavy (non-hydrogen) atoms. The smallest absolute Gasteiger partial charge is 0.282 e. The Morgan fingerprint density at radius 1 is 1.24 bits per heavy atom. The van der Waals surface area contributed by atoms with Gasteiger partial charge in [-0.15, -0.1) is 0 Å². The van der Waals surface area contributed by atoms with E-state index in [2.05, 4.69) is 15.6 Å². The maximum Gasteiger partial charge on any atom is 0.282 e. The Labute approximate surface area is 121 Å². The topological polar surface area (TPSA) is 97.2 Å². The fourth-order valence-electron chi connectivity index (χ4n) is 1.85. The standard InChI is InChI=1S/C14H14N4O3/c1-9-7-11(5-6-16-9)17-14(19)12-8-10(15-2)3-4-13(12)18(20)21/h3-8,15H,1-2H3,(H,16,17,19). The number of pyridine rings is 1. The minimum Gasteiger partial charge on any atom is -0.388 e. The Bertz CT molecular complexity index is 700. The van der Waals surface area contributed by atoms with Crippen molar-refractivity contribution in [3.05, 3.63) is 57.9 Å². The number of nitro groups is 1. The first-order chi connectivity index (χ1) is 10.0. The fourth-order valence-corrected chi connectivity index (χ4v) is 1.85. The third-order valence-corrected chi connectivity index (χ3v) is 2.88. The zero-order valence-corrected chi connectivity index (χ0v) is 11.6. The number of carbonyl (C=O) groups is 1. The van der Waals surface area contributed by atoms with E-state index in [1.165, 1.54) is 12.1 Å². The normalized spacial score (nSPS) is 10.0. The number of carbonyl (C=O) groups excluding carboxylic acids is 1. The Kier molecular flexibility index (Phi) is 4.13. The number of aromatic nitrogens is 1. The lowest BCUT2D eigenvalue weighted by Gasteiger charge is -2.08. The largest absolute Gasteiger partial charge is 0.388 e. The van der Waals surface area contributed by atoms with Crippen LogP contribution >= 0.6 is 0 Å². The lowest BCUT2D eigenvalue weighted by molar-refractivity contribution is -0.385. The summed E-state index contributed by atoms with van der Waals surface area (Å²) >= 11 is 0. The van der Waals surface area contributed by atoms with Crippen LogP contribution in [0.4, 0.5) is 17.1 Å². The molecular formula is C14H14N4O3. The number of benzene rings is 1. The Morgan fingerprint density at radius 3 is 2.62 bits per heavy atom.